The van der Waals surface area contributed by atoms with Gasteiger partial charge >= 0.3 is 0 Å². The van der Waals surface area contributed by atoms with Crippen LogP contribution in [0.25, 0.3) is 6.08 Å². The number of hydrogen-bond acceptors (Lipinski definition) is 1. The fourth-order valence-electron chi connectivity index (χ4n) is 0.817. The lowest BCUT2D eigenvalue weighted by molar-refractivity contribution is 0.576. The Kier molecular flexibility index (Phi) is 2.20. The largest absolute Gasteiger partial charge is 0.205 e. The number of hydrogen-bond donors (Lipinski definition) is 0. The maximum absolute atomic E-state index is 12.8. The van der Waals surface area contributed by atoms with Gasteiger partial charge in [-0.3, -0.25) is 0 Å². The lowest BCUT2D eigenvalue weighted by atomic mass is 10.1. The Hall–Kier alpha value is -1.69. The van der Waals surface area contributed by atoms with Crippen molar-refractivity contribution in [3.05, 3.63) is 41.5 Å². The van der Waals surface area contributed by atoms with Crippen molar-refractivity contribution >= 4 is 6.08 Å². The summed E-state index contributed by atoms with van der Waals surface area (Å²) in [6.07, 6.45) is 1.31. The summed E-state index contributed by atoms with van der Waals surface area (Å²) in [6, 6.07) is 3.56. The summed E-state index contributed by atoms with van der Waals surface area (Å²) in [6.45, 7) is 3.35. The highest BCUT2D eigenvalue weighted by molar-refractivity contribution is 5.50. The van der Waals surface area contributed by atoms with E-state index < -0.39 is 17.2 Å². The molecular formula is C9H5F2N. The van der Waals surface area contributed by atoms with Crippen LogP contribution in [0.5, 0.6) is 0 Å². The molecule has 0 aliphatic heterocycles. The third-order valence-electron chi connectivity index (χ3n) is 1.41. The molecule has 1 rings (SSSR count). The molecule has 0 aromatic heterocycles. The summed E-state index contributed by atoms with van der Waals surface area (Å²) in [7, 11) is 0. The van der Waals surface area contributed by atoms with E-state index in [1.54, 1.807) is 0 Å². The molecule has 0 bridgehead atoms. The lowest BCUT2D eigenvalue weighted by Crippen LogP contribution is -1.90. The highest BCUT2D eigenvalue weighted by Crippen LogP contribution is 2.14. The van der Waals surface area contributed by atoms with Crippen LogP contribution < -0.4 is 0 Å². The van der Waals surface area contributed by atoms with Crippen LogP contribution in [-0.2, 0) is 0 Å². The molecule has 3 heteroatoms. The number of nitrogens with zero attached hydrogens (tertiary/aromatic N) is 1. The van der Waals surface area contributed by atoms with Crippen LogP contribution in [0.1, 0.15) is 11.1 Å². The summed E-state index contributed by atoms with van der Waals surface area (Å²) in [5.74, 6) is -1.71. The molecule has 0 amide bonds. The summed E-state index contributed by atoms with van der Waals surface area (Å²) in [4.78, 5) is 0. The molecule has 0 aliphatic rings. The summed E-state index contributed by atoms with van der Waals surface area (Å²) >= 11 is 0. The monoisotopic (exact) mass is 165 g/mol. The van der Waals surface area contributed by atoms with Gasteiger partial charge in [0.1, 0.15) is 23.3 Å². The number of halogens is 2. The third-order valence-corrected chi connectivity index (χ3v) is 1.41. The first-order valence-corrected chi connectivity index (χ1v) is 3.20. The van der Waals surface area contributed by atoms with Crippen LogP contribution in [0, 0.1) is 23.0 Å². The molecule has 1 nitrogen and oxygen atoms in total. The summed E-state index contributed by atoms with van der Waals surface area (Å²) in [5.41, 5.74) is -0.232. The van der Waals surface area contributed by atoms with Crippen molar-refractivity contribution in [2.75, 3.05) is 0 Å². The van der Waals surface area contributed by atoms with Crippen molar-refractivity contribution in [3.63, 3.8) is 0 Å². The van der Waals surface area contributed by atoms with Crippen molar-refractivity contribution in [2.24, 2.45) is 0 Å². The van der Waals surface area contributed by atoms with E-state index in [1.165, 1.54) is 12.1 Å². The smallest absolute Gasteiger partial charge is 0.144 e. The average molecular weight is 165 g/mol. The Bertz CT molecular complexity index is 340. The molecular weight excluding hydrogens is 160 g/mol. The minimum atomic E-state index is -0.854. The normalized spacial score (nSPS) is 9.08. The van der Waals surface area contributed by atoms with E-state index in [2.05, 4.69) is 6.58 Å². The van der Waals surface area contributed by atoms with Gasteiger partial charge in [-0.05, 0) is 17.7 Å². The molecule has 60 valence electrons. The van der Waals surface area contributed by atoms with Gasteiger partial charge in [0.2, 0.25) is 0 Å². The van der Waals surface area contributed by atoms with Crippen LogP contribution in [-0.4, -0.2) is 0 Å². The standard InChI is InChI=1S/C9H5F2N/c1-2-6-3-8(10)7(5-12)9(11)4-6/h2-4H,1H2. The fourth-order valence-corrected chi connectivity index (χ4v) is 0.817. The fraction of sp³-hybridized carbons (Fsp3) is 0. The second-order valence-corrected chi connectivity index (χ2v) is 2.18. The van der Waals surface area contributed by atoms with Crippen molar-refractivity contribution in [3.8, 4) is 6.07 Å². The molecule has 0 radical (unpaired) electrons. The topological polar surface area (TPSA) is 23.8 Å². The Morgan fingerprint density at radius 1 is 1.33 bits per heavy atom. The van der Waals surface area contributed by atoms with E-state index in [0.717, 1.165) is 12.1 Å². The maximum Gasteiger partial charge on any atom is 0.144 e. The van der Waals surface area contributed by atoms with Crippen LogP contribution in [0.15, 0.2) is 18.7 Å². The zero-order valence-electron chi connectivity index (χ0n) is 6.14. The molecule has 1 aromatic rings. The van der Waals surface area contributed by atoms with Crippen molar-refractivity contribution in [1.29, 1.82) is 5.26 Å². The predicted octanol–water partition coefficient (Wildman–Crippen LogP) is 2.48. The van der Waals surface area contributed by atoms with Gasteiger partial charge in [-0.1, -0.05) is 12.7 Å². The van der Waals surface area contributed by atoms with Gasteiger partial charge in [0.05, 0.1) is 0 Å². The van der Waals surface area contributed by atoms with E-state index in [0.29, 0.717) is 5.56 Å². The molecule has 0 spiro atoms. The van der Waals surface area contributed by atoms with Gasteiger partial charge in [-0.2, -0.15) is 5.26 Å². The molecule has 0 N–H and O–H groups in total. The van der Waals surface area contributed by atoms with Crippen molar-refractivity contribution in [2.45, 2.75) is 0 Å². The van der Waals surface area contributed by atoms with Crippen LogP contribution in [0.3, 0.4) is 0 Å². The summed E-state index contributed by atoms with van der Waals surface area (Å²) < 4.78 is 25.6. The first kappa shape index (κ1) is 8.41. The van der Waals surface area contributed by atoms with Crippen LogP contribution in [0.4, 0.5) is 8.78 Å². The van der Waals surface area contributed by atoms with Gasteiger partial charge in [0.25, 0.3) is 0 Å². The van der Waals surface area contributed by atoms with E-state index in [4.69, 9.17) is 5.26 Å². The quantitative estimate of drug-likeness (QED) is 0.627. The SMILES string of the molecule is C=Cc1cc(F)c(C#N)c(F)c1. The molecule has 12 heavy (non-hydrogen) atoms. The van der Waals surface area contributed by atoms with Gasteiger partial charge in [-0.15, -0.1) is 0 Å². The van der Waals surface area contributed by atoms with Gasteiger partial charge in [-0.25, -0.2) is 8.78 Å². The molecule has 0 saturated carbocycles. The highest BCUT2D eigenvalue weighted by Gasteiger charge is 2.08. The third kappa shape index (κ3) is 1.32. The average Bonchev–Trinajstić information content (AvgIpc) is 2.03. The summed E-state index contributed by atoms with van der Waals surface area (Å²) in [5, 5.41) is 8.31. The number of rotatable bonds is 1. The molecule has 1 aromatic carbocycles. The molecule has 0 aliphatic carbocycles. The van der Waals surface area contributed by atoms with Gasteiger partial charge < -0.3 is 0 Å². The molecule has 0 heterocycles. The highest BCUT2D eigenvalue weighted by atomic mass is 19.1. The Labute approximate surface area is 68.6 Å². The minimum absolute atomic E-state index is 0.323. The van der Waals surface area contributed by atoms with Crippen LogP contribution >= 0.6 is 0 Å². The Balaban J connectivity index is 3.39. The Morgan fingerprint density at radius 2 is 1.83 bits per heavy atom. The van der Waals surface area contributed by atoms with Gasteiger partial charge in [0, 0.05) is 0 Å². The maximum atomic E-state index is 12.8. The molecule has 0 atom stereocenters. The molecule has 0 saturated heterocycles. The van der Waals surface area contributed by atoms with Crippen LogP contribution in [0.2, 0.25) is 0 Å². The number of nitriles is 1. The first-order valence-electron chi connectivity index (χ1n) is 3.20. The predicted molar refractivity (Wildman–Crippen MR) is 41.2 cm³/mol. The van der Waals surface area contributed by atoms with E-state index in [-0.39, 0.29) is 0 Å². The number of benzene rings is 1. The zero-order valence-corrected chi connectivity index (χ0v) is 6.14. The van der Waals surface area contributed by atoms with Gasteiger partial charge in [0.15, 0.2) is 0 Å². The van der Waals surface area contributed by atoms with E-state index >= 15 is 0 Å². The lowest BCUT2D eigenvalue weighted by Gasteiger charge is -1.97. The molecule has 0 unspecified atom stereocenters. The zero-order chi connectivity index (χ0) is 9.14. The van der Waals surface area contributed by atoms with Crippen molar-refractivity contribution in [1.82, 2.24) is 0 Å². The minimum Gasteiger partial charge on any atom is -0.205 e. The second kappa shape index (κ2) is 3.14. The molecule has 0 fully saturated rings. The Morgan fingerprint density at radius 3 is 2.17 bits per heavy atom. The second-order valence-electron chi connectivity index (χ2n) is 2.18. The van der Waals surface area contributed by atoms with E-state index in [1.807, 2.05) is 0 Å². The van der Waals surface area contributed by atoms with E-state index in [9.17, 15) is 8.78 Å². The van der Waals surface area contributed by atoms with Crippen molar-refractivity contribution < 1.29 is 8.78 Å². The first-order chi connectivity index (χ1) is 5.69.